The topological polar surface area (TPSA) is 80.3 Å². The van der Waals surface area contributed by atoms with Crippen LogP contribution in [0.1, 0.15) is 111 Å². The van der Waals surface area contributed by atoms with Gasteiger partial charge in [0.15, 0.2) is 0 Å². The summed E-state index contributed by atoms with van der Waals surface area (Å²) < 4.78 is 26.7. The molecule has 0 fully saturated rings. The number of hydrogen-bond donors (Lipinski definition) is 0. The highest BCUT2D eigenvalue weighted by Gasteiger charge is 2.14. The van der Waals surface area contributed by atoms with Crippen LogP contribution in [0.15, 0.2) is 0 Å². The Balaban J connectivity index is 3.52. The molecule has 0 aromatic rings. The molecule has 202 valence electrons. The minimum Gasteiger partial charge on any atom is -0.469 e. The molecule has 0 aromatic carbocycles. The van der Waals surface area contributed by atoms with Crippen molar-refractivity contribution in [2.45, 2.75) is 129 Å². The fraction of sp³-hybridized carbons (Fsp3) is 0.926. The summed E-state index contributed by atoms with van der Waals surface area (Å²) >= 11 is 0. The summed E-state index contributed by atoms with van der Waals surface area (Å²) in [6, 6.07) is 0. The molecular formula is C27H52O7. The zero-order valence-corrected chi connectivity index (χ0v) is 22.6. The highest BCUT2D eigenvalue weighted by molar-refractivity contribution is 5.91. The summed E-state index contributed by atoms with van der Waals surface area (Å²) in [7, 11) is 1.23. The molecule has 0 aromatic heterocycles. The first-order chi connectivity index (χ1) is 16.4. The Morgan fingerprint density at radius 2 is 1.03 bits per heavy atom. The van der Waals surface area contributed by atoms with Gasteiger partial charge >= 0.3 is 11.9 Å². The van der Waals surface area contributed by atoms with Gasteiger partial charge in [-0.25, -0.2) is 0 Å². The Bertz CT molecular complexity index is 484. The smallest absolute Gasteiger partial charge is 0.317 e. The van der Waals surface area contributed by atoms with Crippen molar-refractivity contribution >= 4 is 11.9 Å². The Kier molecular flexibility index (Phi) is 22.7. The summed E-state index contributed by atoms with van der Waals surface area (Å²) in [4.78, 5) is 22.5. The Morgan fingerprint density at radius 3 is 1.53 bits per heavy atom. The van der Waals surface area contributed by atoms with Crippen molar-refractivity contribution in [2.24, 2.45) is 0 Å². The standard InChI is InChI=1S/C27H52O7/c1-6-7-8-9-10-11-12-13-14-15-16-17-18-31-23(2)20-32-24(3)21-33-25(4)22-34-27(29)19-26(28)30-5/h23-25H,6-22H2,1-5H3. The second-order valence-electron chi connectivity index (χ2n) is 9.29. The van der Waals surface area contributed by atoms with E-state index in [0.717, 1.165) is 13.0 Å². The summed E-state index contributed by atoms with van der Waals surface area (Å²) in [5, 5.41) is 0. The third-order valence-electron chi connectivity index (χ3n) is 5.63. The van der Waals surface area contributed by atoms with Crippen molar-refractivity contribution in [3.05, 3.63) is 0 Å². The molecule has 0 rings (SSSR count). The number of ether oxygens (including phenoxy) is 5. The third-order valence-corrected chi connectivity index (χ3v) is 5.63. The minimum absolute atomic E-state index is 0.0480. The molecule has 3 atom stereocenters. The van der Waals surface area contributed by atoms with Gasteiger partial charge in [0.1, 0.15) is 13.0 Å². The molecule has 0 saturated carbocycles. The number of carbonyl (C=O) groups is 2. The molecule has 0 N–H and O–H groups in total. The Morgan fingerprint density at radius 1 is 0.588 bits per heavy atom. The number of esters is 2. The molecule has 0 bridgehead atoms. The largest absolute Gasteiger partial charge is 0.469 e. The van der Waals surface area contributed by atoms with Gasteiger partial charge in [0.05, 0.1) is 38.6 Å². The Labute approximate surface area is 208 Å². The predicted octanol–water partition coefficient (Wildman–Crippen LogP) is 6.01. The van der Waals surface area contributed by atoms with E-state index in [-0.39, 0.29) is 31.3 Å². The van der Waals surface area contributed by atoms with Gasteiger partial charge in [0, 0.05) is 6.61 Å². The minimum atomic E-state index is -0.620. The molecule has 0 spiro atoms. The number of hydrogen-bond acceptors (Lipinski definition) is 7. The van der Waals surface area contributed by atoms with Crippen molar-refractivity contribution in [1.29, 1.82) is 0 Å². The average molecular weight is 489 g/mol. The monoisotopic (exact) mass is 488 g/mol. The van der Waals surface area contributed by atoms with Gasteiger partial charge in [0.25, 0.3) is 0 Å². The van der Waals surface area contributed by atoms with E-state index < -0.39 is 11.9 Å². The molecule has 0 aliphatic carbocycles. The number of unbranched alkanes of at least 4 members (excludes halogenated alkanes) is 11. The van der Waals surface area contributed by atoms with Crippen LogP contribution in [0.3, 0.4) is 0 Å². The molecule has 3 unspecified atom stereocenters. The van der Waals surface area contributed by atoms with Crippen LogP contribution in [0, 0.1) is 0 Å². The van der Waals surface area contributed by atoms with E-state index >= 15 is 0 Å². The van der Waals surface area contributed by atoms with E-state index in [9.17, 15) is 9.59 Å². The van der Waals surface area contributed by atoms with Gasteiger partial charge in [-0.05, 0) is 27.2 Å². The summed E-state index contributed by atoms with van der Waals surface area (Å²) in [5.74, 6) is -1.23. The first-order valence-electron chi connectivity index (χ1n) is 13.5. The molecule has 34 heavy (non-hydrogen) atoms. The van der Waals surface area contributed by atoms with Crippen LogP contribution in [-0.2, 0) is 33.3 Å². The lowest BCUT2D eigenvalue weighted by atomic mass is 10.1. The number of methoxy groups -OCH3 is 1. The molecule has 0 saturated heterocycles. The maximum Gasteiger partial charge on any atom is 0.317 e. The van der Waals surface area contributed by atoms with Crippen molar-refractivity contribution in [1.82, 2.24) is 0 Å². The molecule has 7 nitrogen and oxygen atoms in total. The van der Waals surface area contributed by atoms with E-state index in [1.165, 1.54) is 77.7 Å². The fourth-order valence-corrected chi connectivity index (χ4v) is 3.42. The van der Waals surface area contributed by atoms with E-state index in [4.69, 9.17) is 18.9 Å². The quantitative estimate of drug-likeness (QED) is 0.0935. The van der Waals surface area contributed by atoms with Gasteiger partial charge in [-0.2, -0.15) is 0 Å². The first-order valence-corrected chi connectivity index (χ1v) is 13.5. The molecule has 0 radical (unpaired) electrons. The highest BCUT2D eigenvalue weighted by Crippen LogP contribution is 2.12. The Hall–Kier alpha value is -1.18. The first kappa shape index (κ1) is 32.8. The maximum atomic E-state index is 11.5. The van der Waals surface area contributed by atoms with Gasteiger partial charge in [-0.15, -0.1) is 0 Å². The lowest BCUT2D eigenvalue weighted by Gasteiger charge is -2.20. The zero-order chi connectivity index (χ0) is 25.4. The van der Waals surface area contributed by atoms with Crippen LogP contribution >= 0.6 is 0 Å². The maximum absolute atomic E-state index is 11.5. The van der Waals surface area contributed by atoms with Gasteiger partial charge in [0.2, 0.25) is 0 Å². The van der Waals surface area contributed by atoms with Gasteiger partial charge in [-0.3, -0.25) is 9.59 Å². The third kappa shape index (κ3) is 22.6. The van der Waals surface area contributed by atoms with Crippen LogP contribution in [-0.4, -0.2) is 63.8 Å². The molecular weight excluding hydrogens is 436 g/mol. The van der Waals surface area contributed by atoms with Crippen LogP contribution in [0.4, 0.5) is 0 Å². The van der Waals surface area contributed by atoms with Gasteiger partial charge < -0.3 is 23.7 Å². The van der Waals surface area contributed by atoms with Crippen molar-refractivity contribution < 1.29 is 33.3 Å². The predicted molar refractivity (Wildman–Crippen MR) is 135 cm³/mol. The molecule has 0 aliphatic rings. The van der Waals surface area contributed by atoms with Crippen LogP contribution in [0.2, 0.25) is 0 Å². The molecule has 0 heterocycles. The summed E-state index contributed by atoms with van der Waals surface area (Å²) in [6.45, 7) is 9.81. The summed E-state index contributed by atoms with van der Waals surface area (Å²) in [6.07, 6.45) is 15.4. The van der Waals surface area contributed by atoms with Gasteiger partial charge in [-0.1, -0.05) is 77.6 Å². The van der Waals surface area contributed by atoms with E-state index in [1.54, 1.807) is 6.92 Å². The number of carbonyl (C=O) groups excluding carboxylic acids is 2. The van der Waals surface area contributed by atoms with Crippen molar-refractivity contribution in [3.8, 4) is 0 Å². The van der Waals surface area contributed by atoms with E-state index in [1.807, 2.05) is 13.8 Å². The van der Waals surface area contributed by atoms with E-state index in [0.29, 0.717) is 13.2 Å². The SMILES string of the molecule is CCCCCCCCCCCCCCOC(C)COC(C)COC(C)COC(=O)CC(=O)OC. The van der Waals surface area contributed by atoms with Crippen molar-refractivity contribution in [3.63, 3.8) is 0 Å². The molecule has 0 aliphatic heterocycles. The lowest BCUT2D eigenvalue weighted by Crippen LogP contribution is -2.27. The van der Waals surface area contributed by atoms with Crippen molar-refractivity contribution in [2.75, 3.05) is 33.5 Å². The molecule has 0 amide bonds. The second kappa shape index (κ2) is 23.6. The van der Waals surface area contributed by atoms with Crippen LogP contribution in [0.5, 0.6) is 0 Å². The van der Waals surface area contributed by atoms with Crippen LogP contribution < -0.4 is 0 Å². The van der Waals surface area contributed by atoms with E-state index in [2.05, 4.69) is 11.7 Å². The normalized spacial score (nSPS) is 13.9. The fourth-order valence-electron chi connectivity index (χ4n) is 3.42. The highest BCUT2D eigenvalue weighted by atomic mass is 16.6. The lowest BCUT2D eigenvalue weighted by molar-refractivity contribution is -0.156. The van der Waals surface area contributed by atoms with Crippen LogP contribution in [0.25, 0.3) is 0 Å². The molecule has 7 heteroatoms. The summed E-state index contributed by atoms with van der Waals surface area (Å²) in [5.41, 5.74) is 0. The second-order valence-corrected chi connectivity index (χ2v) is 9.29. The zero-order valence-electron chi connectivity index (χ0n) is 22.6. The number of rotatable bonds is 24. The average Bonchev–Trinajstić information content (AvgIpc) is 2.82.